The number of nitrogens with one attached hydrogen (secondary N) is 1. The molecule has 0 aliphatic heterocycles. The Morgan fingerprint density at radius 2 is 2.29 bits per heavy atom. The average Bonchev–Trinajstić information content (AvgIpc) is 2.27. The standard InChI is InChI=1S/C12H15BrClNO2/c1-3-17-12(16)8(2)15-7-9-4-5-10(13)6-11(9)14/h4-6,8,15H,3,7H2,1-2H3. The second-order valence-corrected chi connectivity index (χ2v) is 4.91. The molecule has 5 heteroatoms. The second-order valence-electron chi connectivity index (χ2n) is 3.59. The van der Waals surface area contributed by atoms with E-state index in [1.807, 2.05) is 18.2 Å². The molecule has 1 N–H and O–H groups in total. The maximum absolute atomic E-state index is 11.4. The highest BCUT2D eigenvalue weighted by atomic mass is 79.9. The Morgan fingerprint density at radius 3 is 2.88 bits per heavy atom. The number of halogens is 2. The lowest BCUT2D eigenvalue weighted by molar-refractivity contribution is -0.145. The summed E-state index contributed by atoms with van der Waals surface area (Å²) in [6, 6.07) is 5.32. The molecule has 0 aliphatic carbocycles. The van der Waals surface area contributed by atoms with Crippen molar-refractivity contribution in [2.75, 3.05) is 6.61 Å². The molecule has 1 atom stereocenters. The van der Waals surface area contributed by atoms with Crippen molar-refractivity contribution in [2.45, 2.75) is 26.4 Å². The summed E-state index contributed by atoms with van der Waals surface area (Å²) >= 11 is 9.41. The number of carbonyl (C=O) groups is 1. The normalized spacial score (nSPS) is 12.2. The Kier molecular flexibility index (Phi) is 5.95. The van der Waals surface area contributed by atoms with Crippen molar-refractivity contribution >= 4 is 33.5 Å². The van der Waals surface area contributed by atoms with E-state index in [0.29, 0.717) is 18.2 Å². The monoisotopic (exact) mass is 319 g/mol. The fourth-order valence-electron chi connectivity index (χ4n) is 1.28. The summed E-state index contributed by atoms with van der Waals surface area (Å²) in [7, 11) is 0. The van der Waals surface area contributed by atoms with Gasteiger partial charge in [-0.1, -0.05) is 33.6 Å². The van der Waals surface area contributed by atoms with Crippen LogP contribution < -0.4 is 5.32 Å². The molecule has 0 spiro atoms. The molecular formula is C12H15BrClNO2. The number of hydrogen-bond acceptors (Lipinski definition) is 3. The molecule has 0 saturated carbocycles. The SMILES string of the molecule is CCOC(=O)C(C)NCc1ccc(Br)cc1Cl. The number of benzene rings is 1. The molecule has 17 heavy (non-hydrogen) atoms. The van der Waals surface area contributed by atoms with E-state index in [2.05, 4.69) is 21.2 Å². The summed E-state index contributed by atoms with van der Waals surface area (Å²) in [4.78, 5) is 11.4. The zero-order chi connectivity index (χ0) is 12.8. The fourth-order valence-corrected chi connectivity index (χ4v) is 2.02. The van der Waals surface area contributed by atoms with E-state index in [-0.39, 0.29) is 12.0 Å². The van der Waals surface area contributed by atoms with Gasteiger partial charge in [0, 0.05) is 16.0 Å². The van der Waals surface area contributed by atoms with Crippen LogP contribution in [0.3, 0.4) is 0 Å². The minimum Gasteiger partial charge on any atom is -0.465 e. The average molecular weight is 321 g/mol. The topological polar surface area (TPSA) is 38.3 Å². The van der Waals surface area contributed by atoms with Crippen molar-refractivity contribution in [3.63, 3.8) is 0 Å². The van der Waals surface area contributed by atoms with Gasteiger partial charge >= 0.3 is 5.97 Å². The molecule has 0 saturated heterocycles. The minimum atomic E-state index is -0.338. The van der Waals surface area contributed by atoms with Crippen LogP contribution >= 0.6 is 27.5 Å². The molecule has 0 aliphatic rings. The Balaban J connectivity index is 2.52. The molecule has 1 aromatic carbocycles. The zero-order valence-electron chi connectivity index (χ0n) is 9.80. The number of rotatable bonds is 5. The smallest absolute Gasteiger partial charge is 0.322 e. The first-order chi connectivity index (χ1) is 8.04. The van der Waals surface area contributed by atoms with Crippen molar-refractivity contribution in [2.24, 2.45) is 0 Å². The molecule has 0 aromatic heterocycles. The predicted molar refractivity (Wildman–Crippen MR) is 72.1 cm³/mol. The third-order valence-corrected chi connectivity index (χ3v) is 3.10. The van der Waals surface area contributed by atoms with E-state index in [4.69, 9.17) is 16.3 Å². The molecule has 1 aromatic rings. The largest absolute Gasteiger partial charge is 0.465 e. The molecule has 3 nitrogen and oxygen atoms in total. The van der Waals surface area contributed by atoms with Crippen LogP contribution in [-0.2, 0) is 16.1 Å². The van der Waals surface area contributed by atoms with Gasteiger partial charge in [0.05, 0.1) is 6.61 Å². The molecule has 94 valence electrons. The summed E-state index contributed by atoms with van der Waals surface area (Å²) in [5.41, 5.74) is 0.950. The Hall–Kier alpha value is -0.580. The highest BCUT2D eigenvalue weighted by molar-refractivity contribution is 9.10. The van der Waals surface area contributed by atoms with Crippen LogP contribution in [0, 0.1) is 0 Å². The maximum atomic E-state index is 11.4. The van der Waals surface area contributed by atoms with E-state index in [0.717, 1.165) is 10.0 Å². The Morgan fingerprint density at radius 1 is 1.59 bits per heavy atom. The number of hydrogen-bond donors (Lipinski definition) is 1. The van der Waals surface area contributed by atoms with Gasteiger partial charge in [-0.25, -0.2) is 0 Å². The van der Waals surface area contributed by atoms with Crippen LogP contribution in [0.15, 0.2) is 22.7 Å². The number of ether oxygens (including phenoxy) is 1. The summed E-state index contributed by atoms with van der Waals surface area (Å²) in [5.74, 6) is -0.249. The molecule has 0 heterocycles. The van der Waals surface area contributed by atoms with E-state index >= 15 is 0 Å². The van der Waals surface area contributed by atoms with Crippen molar-refractivity contribution in [1.82, 2.24) is 5.32 Å². The lowest BCUT2D eigenvalue weighted by atomic mass is 10.2. The van der Waals surface area contributed by atoms with Gasteiger partial charge in [-0.2, -0.15) is 0 Å². The van der Waals surface area contributed by atoms with Crippen LogP contribution in [0.2, 0.25) is 5.02 Å². The number of esters is 1. The fraction of sp³-hybridized carbons (Fsp3) is 0.417. The third-order valence-electron chi connectivity index (χ3n) is 2.25. The van der Waals surface area contributed by atoms with Crippen molar-refractivity contribution < 1.29 is 9.53 Å². The number of carbonyl (C=O) groups excluding carboxylic acids is 1. The quantitative estimate of drug-likeness (QED) is 0.847. The molecule has 0 bridgehead atoms. The summed E-state index contributed by atoms with van der Waals surface area (Å²) in [6.07, 6.45) is 0. The first-order valence-electron chi connectivity index (χ1n) is 5.38. The molecule has 1 rings (SSSR count). The first kappa shape index (κ1) is 14.5. The first-order valence-corrected chi connectivity index (χ1v) is 6.55. The van der Waals surface area contributed by atoms with Crippen molar-refractivity contribution in [3.05, 3.63) is 33.3 Å². The van der Waals surface area contributed by atoms with Crippen LogP contribution in [0.5, 0.6) is 0 Å². The second kappa shape index (κ2) is 6.99. The lowest BCUT2D eigenvalue weighted by Crippen LogP contribution is -2.34. The van der Waals surface area contributed by atoms with E-state index in [1.165, 1.54) is 0 Å². The predicted octanol–water partition coefficient (Wildman–Crippen LogP) is 3.14. The van der Waals surface area contributed by atoms with Crippen molar-refractivity contribution in [3.8, 4) is 0 Å². The van der Waals surface area contributed by atoms with E-state index in [9.17, 15) is 4.79 Å². The van der Waals surface area contributed by atoms with Gasteiger partial charge in [0.15, 0.2) is 0 Å². The maximum Gasteiger partial charge on any atom is 0.322 e. The molecular weight excluding hydrogens is 305 g/mol. The Bertz CT molecular complexity index is 398. The van der Waals surface area contributed by atoms with Gasteiger partial charge in [0.1, 0.15) is 6.04 Å². The summed E-state index contributed by atoms with van der Waals surface area (Å²) in [5, 5.41) is 3.74. The van der Waals surface area contributed by atoms with E-state index in [1.54, 1.807) is 13.8 Å². The summed E-state index contributed by atoms with van der Waals surface area (Å²) in [6.45, 7) is 4.48. The van der Waals surface area contributed by atoms with Gasteiger partial charge in [0.2, 0.25) is 0 Å². The van der Waals surface area contributed by atoms with Crippen LogP contribution in [-0.4, -0.2) is 18.6 Å². The summed E-state index contributed by atoms with van der Waals surface area (Å²) < 4.78 is 5.83. The molecule has 0 radical (unpaired) electrons. The van der Waals surface area contributed by atoms with Gasteiger partial charge in [-0.3, -0.25) is 4.79 Å². The van der Waals surface area contributed by atoms with Gasteiger partial charge in [-0.15, -0.1) is 0 Å². The zero-order valence-corrected chi connectivity index (χ0v) is 12.1. The van der Waals surface area contributed by atoms with Crippen LogP contribution in [0.1, 0.15) is 19.4 Å². The minimum absolute atomic E-state index is 0.249. The highest BCUT2D eigenvalue weighted by Crippen LogP contribution is 2.21. The van der Waals surface area contributed by atoms with Crippen LogP contribution in [0.25, 0.3) is 0 Å². The van der Waals surface area contributed by atoms with Gasteiger partial charge < -0.3 is 10.1 Å². The molecule has 0 amide bonds. The highest BCUT2D eigenvalue weighted by Gasteiger charge is 2.13. The van der Waals surface area contributed by atoms with E-state index < -0.39 is 0 Å². The molecule has 0 fully saturated rings. The van der Waals surface area contributed by atoms with Gasteiger partial charge in [0.25, 0.3) is 0 Å². The van der Waals surface area contributed by atoms with Crippen LogP contribution in [0.4, 0.5) is 0 Å². The lowest BCUT2D eigenvalue weighted by Gasteiger charge is -2.13. The third kappa shape index (κ3) is 4.66. The Labute approximate surface area is 115 Å². The molecule has 1 unspecified atom stereocenters. The van der Waals surface area contributed by atoms with Crippen molar-refractivity contribution in [1.29, 1.82) is 0 Å². The van der Waals surface area contributed by atoms with Gasteiger partial charge in [-0.05, 0) is 31.5 Å².